The zero-order valence-electron chi connectivity index (χ0n) is 13.3. The fourth-order valence-electron chi connectivity index (χ4n) is 2.16. The van der Waals surface area contributed by atoms with E-state index in [0.29, 0.717) is 16.3 Å². The van der Waals surface area contributed by atoms with E-state index in [9.17, 15) is 9.59 Å². The predicted octanol–water partition coefficient (Wildman–Crippen LogP) is 4.52. The van der Waals surface area contributed by atoms with Crippen molar-refractivity contribution in [2.45, 2.75) is 13.8 Å². The van der Waals surface area contributed by atoms with E-state index in [4.69, 9.17) is 21.1 Å². The van der Waals surface area contributed by atoms with Gasteiger partial charge < -0.3 is 9.47 Å². The van der Waals surface area contributed by atoms with E-state index < -0.39 is 5.97 Å². The molecule has 24 heavy (non-hydrogen) atoms. The van der Waals surface area contributed by atoms with Gasteiger partial charge in [0.15, 0.2) is 19.0 Å². The van der Waals surface area contributed by atoms with Gasteiger partial charge in [0.05, 0.1) is 0 Å². The molecule has 2 aromatic rings. The minimum Gasteiger partial charge on any atom is -0.481 e. The zero-order valence-corrected chi connectivity index (χ0v) is 15.6. The van der Waals surface area contributed by atoms with Crippen molar-refractivity contribution in [1.82, 2.24) is 0 Å². The maximum Gasteiger partial charge on any atom is 0.344 e. The van der Waals surface area contributed by atoms with Crippen LogP contribution in [0.3, 0.4) is 0 Å². The SMILES string of the molecule is Cc1cc(Cl)cc(C)c1OCC(=O)OCC(=O)c1ccc(Br)cc1. The van der Waals surface area contributed by atoms with Gasteiger partial charge >= 0.3 is 5.97 Å². The molecule has 0 heterocycles. The van der Waals surface area contributed by atoms with Gasteiger partial charge in [-0.05, 0) is 49.2 Å². The van der Waals surface area contributed by atoms with Gasteiger partial charge in [0.25, 0.3) is 0 Å². The summed E-state index contributed by atoms with van der Waals surface area (Å²) in [5.74, 6) is -0.278. The molecule has 0 bridgehead atoms. The number of hydrogen-bond acceptors (Lipinski definition) is 4. The Morgan fingerprint density at radius 3 is 2.21 bits per heavy atom. The summed E-state index contributed by atoms with van der Waals surface area (Å²) in [6.07, 6.45) is 0. The van der Waals surface area contributed by atoms with E-state index in [0.717, 1.165) is 15.6 Å². The molecule has 2 aromatic carbocycles. The minimum atomic E-state index is -0.603. The van der Waals surface area contributed by atoms with Gasteiger partial charge in [-0.3, -0.25) is 4.79 Å². The van der Waals surface area contributed by atoms with Gasteiger partial charge in [-0.15, -0.1) is 0 Å². The molecule has 0 radical (unpaired) electrons. The van der Waals surface area contributed by atoms with Crippen LogP contribution in [0.25, 0.3) is 0 Å². The van der Waals surface area contributed by atoms with Crippen molar-refractivity contribution in [3.63, 3.8) is 0 Å². The van der Waals surface area contributed by atoms with Crippen LogP contribution in [0.1, 0.15) is 21.5 Å². The standard InChI is InChI=1S/C18H16BrClO4/c1-11-7-15(20)8-12(2)18(11)24-10-17(22)23-9-16(21)13-3-5-14(19)6-4-13/h3-8H,9-10H2,1-2H3. The van der Waals surface area contributed by atoms with E-state index in [-0.39, 0.29) is 19.0 Å². The summed E-state index contributed by atoms with van der Waals surface area (Å²) in [4.78, 5) is 23.7. The maximum absolute atomic E-state index is 11.9. The molecule has 0 amide bonds. The molecule has 0 saturated heterocycles. The number of carbonyl (C=O) groups is 2. The number of esters is 1. The Kier molecular flexibility index (Phi) is 6.40. The first kappa shape index (κ1) is 18.5. The smallest absolute Gasteiger partial charge is 0.344 e. The van der Waals surface area contributed by atoms with Crippen molar-refractivity contribution in [2.75, 3.05) is 13.2 Å². The molecule has 0 aliphatic carbocycles. The lowest BCUT2D eigenvalue weighted by atomic mass is 10.1. The van der Waals surface area contributed by atoms with Crippen LogP contribution in [0.2, 0.25) is 5.02 Å². The van der Waals surface area contributed by atoms with Crippen LogP contribution in [0.4, 0.5) is 0 Å². The second kappa shape index (κ2) is 8.31. The average Bonchev–Trinajstić information content (AvgIpc) is 2.52. The van der Waals surface area contributed by atoms with Crippen LogP contribution in [-0.4, -0.2) is 25.0 Å². The zero-order chi connectivity index (χ0) is 17.7. The Morgan fingerprint density at radius 2 is 1.62 bits per heavy atom. The summed E-state index contributed by atoms with van der Waals surface area (Å²) >= 11 is 9.24. The highest BCUT2D eigenvalue weighted by molar-refractivity contribution is 9.10. The predicted molar refractivity (Wildman–Crippen MR) is 95.9 cm³/mol. The first-order chi connectivity index (χ1) is 11.4. The van der Waals surface area contributed by atoms with Crippen LogP contribution in [0.5, 0.6) is 5.75 Å². The normalized spacial score (nSPS) is 10.3. The fourth-order valence-corrected chi connectivity index (χ4v) is 2.75. The van der Waals surface area contributed by atoms with Crippen molar-refractivity contribution in [3.05, 3.63) is 62.6 Å². The number of aryl methyl sites for hydroxylation is 2. The molecule has 0 aromatic heterocycles. The van der Waals surface area contributed by atoms with Crippen molar-refractivity contribution < 1.29 is 19.1 Å². The summed E-state index contributed by atoms with van der Waals surface area (Å²) in [5.41, 5.74) is 2.15. The minimum absolute atomic E-state index is 0.267. The Bertz CT molecular complexity index is 733. The van der Waals surface area contributed by atoms with E-state index in [1.54, 1.807) is 36.4 Å². The third kappa shape index (κ3) is 5.08. The molecular formula is C18H16BrClO4. The average molecular weight is 412 g/mol. The van der Waals surface area contributed by atoms with Crippen LogP contribution >= 0.6 is 27.5 Å². The molecule has 6 heteroatoms. The van der Waals surface area contributed by atoms with Crippen LogP contribution < -0.4 is 4.74 Å². The molecule has 0 aliphatic rings. The number of ether oxygens (including phenoxy) is 2. The lowest BCUT2D eigenvalue weighted by Gasteiger charge is -2.12. The van der Waals surface area contributed by atoms with Crippen molar-refractivity contribution in [1.29, 1.82) is 0 Å². The molecule has 4 nitrogen and oxygen atoms in total. The topological polar surface area (TPSA) is 52.6 Å². The Balaban J connectivity index is 1.86. The van der Waals surface area contributed by atoms with E-state index in [1.807, 2.05) is 13.8 Å². The molecule has 0 aliphatic heterocycles. The monoisotopic (exact) mass is 410 g/mol. The highest BCUT2D eigenvalue weighted by Gasteiger charge is 2.12. The van der Waals surface area contributed by atoms with Gasteiger partial charge in [0.1, 0.15) is 5.75 Å². The number of Topliss-reactive ketones (excluding diaryl/α,β-unsaturated/α-hetero) is 1. The third-order valence-corrected chi connectivity index (χ3v) is 4.04. The maximum atomic E-state index is 11.9. The quantitative estimate of drug-likeness (QED) is 0.518. The Hall–Kier alpha value is -1.85. The van der Waals surface area contributed by atoms with E-state index in [1.165, 1.54) is 0 Å². The summed E-state index contributed by atoms with van der Waals surface area (Å²) in [7, 11) is 0. The Morgan fingerprint density at radius 1 is 1.04 bits per heavy atom. The second-order valence-corrected chi connectivity index (χ2v) is 6.60. The molecule has 0 atom stereocenters. The number of halogens is 2. The third-order valence-electron chi connectivity index (χ3n) is 3.29. The molecular weight excluding hydrogens is 396 g/mol. The first-order valence-electron chi connectivity index (χ1n) is 7.20. The van der Waals surface area contributed by atoms with Gasteiger partial charge in [0.2, 0.25) is 0 Å². The van der Waals surface area contributed by atoms with Crippen molar-refractivity contribution in [3.8, 4) is 5.75 Å². The summed E-state index contributed by atoms with van der Waals surface area (Å²) in [5, 5.41) is 0.611. The van der Waals surface area contributed by atoms with Gasteiger partial charge in [-0.2, -0.15) is 0 Å². The van der Waals surface area contributed by atoms with E-state index in [2.05, 4.69) is 15.9 Å². The first-order valence-corrected chi connectivity index (χ1v) is 8.38. The molecule has 0 N–H and O–H groups in total. The number of carbonyl (C=O) groups excluding carboxylic acids is 2. The Labute approximate surface area is 153 Å². The van der Waals surface area contributed by atoms with Crippen molar-refractivity contribution in [2.24, 2.45) is 0 Å². The van der Waals surface area contributed by atoms with Crippen LogP contribution in [0, 0.1) is 13.8 Å². The summed E-state index contributed by atoms with van der Waals surface area (Å²) in [6.45, 7) is 3.10. The highest BCUT2D eigenvalue weighted by atomic mass is 79.9. The van der Waals surface area contributed by atoms with Gasteiger partial charge in [-0.25, -0.2) is 4.79 Å². The molecule has 0 spiro atoms. The lowest BCUT2D eigenvalue weighted by Crippen LogP contribution is -2.20. The number of rotatable bonds is 6. The van der Waals surface area contributed by atoms with E-state index >= 15 is 0 Å². The molecule has 0 unspecified atom stereocenters. The molecule has 0 saturated carbocycles. The van der Waals surface area contributed by atoms with Gasteiger partial charge in [-0.1, -0.05) is 39.7 Å². The van der Waals surface area contributed by atoms with Crippen LogP contribution in [0.15, 0.2) is 40.9 Å². The van der Waals surface area contributed by atoms with Crippen molar-refractivity contribution >= 4 is 39.3 Å². The number of hydrogen-bond donors (Lipinski definition) is 0. The number of benzene rings is 2. The fraction of sp³-hybridized carbons (Fsp3) is 0.222. The summed E-state index contributed by atoms with van der Waals surface area (Å²) in [6, 6.07) is 10.3. The lowest BCUT2D eigenvalue weighted by molar-refractivity contribution is -0.144. The number of ketones is 1. The summed E-state index contributed by atoms with van der Waals surface area (Å²) < 4.78 is 11.3. The molecule has 126 valence electrons. The molecule has 2 rings (SSSR count). The molecule has 0 fully saturated rings. The largest absolute Gasteiger partial charge is 0.481 e. The van der Waals surface area contributed by atoms with Crippen LogP contribution in [-0.2, 0) is 9.53 Å². The van der Waals surface area contributed by atoms with Gasteiger partial charge in [0, 0.05) is 15.1 Å². The highest BCUT2D eigenvalue weighted by Crippen LogP contribution is 2.26. The second-order valence-electron chi connectivity index (χ2n) is 5.25.